The Hall–Kier alpha value is -0.240. The van der Waals surface area contributed by atoms with Crippen molar-refractivity contribution in [1.29, 1.82) is 0 Å². The van der Waals surface area contributed by atoms with Gasteiger partial charge in [-0.05, 0) is 61.2 Å². The Morgan fingerprint density at radius 2 is 0.735 bits per heavy atom. The molecule has 3 rings (SSSR count). The van der Waals surface area contributed by atoms with Gasteiger partial charge in [-0.1, -0.05) is 41.5 Å². The van der Waals surface area contributed by atoms with Gasteiger partial charge >= 0.3 is 0 Å². The molecule has 3 aliphatic rings. The molecule has 2 aliphatic carbocycles. The van der Waals surface area contributed by atoms with Crippen molar-refractivity contribution in [2.75, 3.05) is 52.9 Å². The summed E-state index contributed by atoms with van der Waals surface area (Å²) >= 11 is 0. The molecule has 2 saturated carbocycles. The summed E-state index contributed by atoms with van der Waals surface area (Å²) in [5.41, 5.74) is 0.586. The highest BCUT2D eigenvalue weighted by Crippen LogP contribution is 2.41. The van der Waals surface area contributed by atoms with E-state index in [0.717, 1.165) is 25.7 Å². The lowest BCUT2D eigenvalue weighted by atomic mass is 9.71. The van der Waals surface area contributed by atoms with E-state index in [1.54, 1.807) is 0 Å². The summed E-state index contributed by atoms with van der Waals surface area (Å²) in [5.74, 6) is 1.30. The Morgan fingerprint density at radius 3 is 1.06 bits per heavy atom. The third kappa shape index (κ3) is 9.01. The first kappa shape index (κ1) is 28.3. The van der Waals surface area contributed by atoms with Crippen LogP contribution < -0.4 is 0 Å². The van der Waals surface area contributed by atoms with Crippen molar-refractivity contribution in [1.82, 2.24) is 0 Å². The highest BCUT2D eigenvalue weighted by molar-refractivity contribution is 4.88. The lowest BCUT2D eigenvalue weighted by molar-refractivity contribution is -0.142. The molecule has 0 aromatic rings. The monoisotopic (exact) mass is 484 g/mol. The van der Waals surface area contributed by atoms with Crippen molar-refractivity contribution in [2.24, 2.45) is 22.7 Å². The van der Waals surface area contributed by atoms with Crippen LogP contribution in [0, 0.1) is 22.7 Å². The Labute approximate surface area is 208 Å². The molecule has 34 heavy (non-hydrogen) atoms. The van der Waals surface area contributed by atoms with Crippen LogP contribution in [0.25, 0.3) is 0 Å². The molecule has 0 amide bonds. The second-order valence-electron chi connectivity index (χ2n) is 12.6. The summed E-state index contributed by atoms with van der Waals surface area (Å²) < 4.78 is 36.8. The summed E-state index contributed by atoms with van der Waals surface area (Å²) in [7, 11) is 0. The quantitative estimate of drug-likeness (QED) is 0.467. The Bertz CT molecular complexity index is 518. The first-order valence-electron chi connectivity index (χ1n) is 13.8. The van der Waals surface area contributed by atoms with Gasteiger partial charge in [-0.2, -0.15) is 0 Å². The molecule has 0 aromatic heterocycles. The van der Waals surface area contributed by atoms with Crippen molar-refractivity contribution in [3.05, 3.63) is 0 Å². The molecule has 6 atom stereocenters. The van der Waals surface area contributed by atoms with Crippen molar-refractivity contribution in [3.63, 3.8) is 0 Å². The first-order chi connectivity index (χ1) is 16.1. The third-order valence-corrected chi connectivity index (χ3v) is 8.15. The molecule has 1 aliphatic heterocycles. The molecule has 0 radical (unpaired) electrons. The number of ether oxygens (including phenoxy) is 6. The topological polar surface area (TPSA) is 55.4 Å². The van der Waals surface area contributed by atoms with E-state index in [1.807, 2.05) is 0 Å². The van der Waals surface area contributed by atoms with E-state index in [4.69, 9.17) is 28.4 Å². The normalized spacial score (nSPS) is 36.5. The van der Waals surface area contributed by atoms with Crippen LogP contribution in [0.5, 0.6) is 0 Å². The average molecular weight is 485 g/mol. The maximum Gasteiger partial charge on any atom is 0.0840 e. The maximum absolute atomic E-state index is 6.29. The van der Waals surface area contributed by atoms with Gasteiger partial charge in [0.1, 0.15) is 0 Å². The SMILES string of the molecule is CC(C)(C)[C@@H]1CC[C@@H]2OCCOCCO[C@H]3C[C@@H](C(C)(C)C)CC[C@H]3OCCOCCO[C@@H]2C1. The summed E-state index contributed by atoms with van der Waals surface area (Å²) in [6.45, 7) is 18.8. The summed E-state index contributed by atoms with van der Waals surface area (Å²) in [4.78, 5) is 0. The van der Waals surface area contributed by atoms with Gasteiger partial charge in [0, 0.05) is 0 Å². The van der Waals surface area contributed by atoms with Gasteiger partial charge in [-0.15, -0.1) is 0 Å². The lowest BCUT2D eigenvalue weighted by Crippen LogP contribution is -2.43. The highest BCUT2D eigenvalue weighted by Gasteiger charge is 2.38. The Morgan fingerprint density at radius 1 is 0.412 bits per heavy atom. The minimum atomic E-state index is 0.124. The third-order valence-electron chi connectivity index (χ3n) is 8.15. The molecule has 0 N–H and O–H groups in total. The predicted molar refractivity (Wildman–Crippen MR) is 134 cm³/mol. The zero-order valence-electron chi connectivity index (χ0n) is 22.8. The second-order valence-corrected chi connectivity index (χ2v) is 12.6. The van der Waals surface area contributed by atoms with E-state index >= 15 is 0 Å². The molecular formula is C28H52O6. The van der Waals surface area contributed by atoms with Crippen LogP contribution in [0.3, 0.4) is 0 Å². The highest BCUT2D eigenvalue weighted by atomic mass is 16.6. The van der Waals surface area contributed by atoms with Crippen LogP contribution in [-0.2, 0) is 28.4 Å². The van der Waals surface area contributed by atoms with Crippen molar-refractivity contribution >= 4 is 0 Å². The van der Waals surface area contributed by atoms with Crippen molar-refractivity contribution < 1.29 is 28.4 Å². The number of hydrogen-bond donors (Lipinski definition) is 0. The van der Waals surface area contributed by atoms with E-state index < -0.39 is 0 Å². The molecular weight excluding hydrogens is 432 g/mol. The Balaban J connectivity index is 1.51. The van der Waals surface area contributed by atoms with Crippen LogP contribution in [0.15, 0.2) is 0 Å². The predicted octanol–water partition coefficient (Wildman–Crippen LogP) is 5.27. The summed E-state index contributed by atoms with van der Waals surface area (Å²) in [6.07, 6.45) is 7.08. The minimum Gasteiger partial charge on any atom is -0.377 e. The second kappa shape index (κ2) is 13.3. The smallest absolute Gasteiger partial charge is 0.0840 e. The summed E-state index contributed by atoms with van der Waals surface area (Å²) in [5, 5.41) is 0. The number of rotatable bonds is 0. The van der Waals surface area contributed by atoms with E-state index in [9.17, 15) is 0 Å². The fourth-order valence-electron chi connectivity index (χ4n) is 5.75. The molecule has 0 bridgehead atoms. The van der Waals surface area contributed by atoms with Crippen LogP contribution in [-0.4, -0.2) is 77.3 Å². The zero-order chi connectivity index (χ0) is 24.6. The van der Waals surface area contributed by atoms with Gasteiger partial charge in [0.25, 0.3) is 0 Å². The molecule has 1 saturated heterocycles. The maximum atomic E-state index is 6.29. The molecule has 0 spiro atoms. The molecule has 6 heteroatoms. The largest absolute Gasteiger partial charge is 0.377 e. The standard InChI is InChI=1S/C28H52O6/c1-27(2,3)21-7-9-23-25(19-21)33-17-13-29-12-16-32-24-10-8-22(28(4,5)6)20-26(24)34-18-14-30-11-15-31-23/h21-26H,7-20H2,1-6H3/t21-,22+,23+,24-,25-,26+. The van der Waals surface area contributed by atoms with E-state index in [1.165, 1.54) is 12.8 Å². The van der Waals surface area contributed by atoms with Gasteiger partial charge in [-0.25, -0.2) is 0 Å². The lowest BCUT2D eigenvalue weighted by Gasteiger charge is -2.41. The fourth-order valence-corrected chi connectivity index (χ4v) is 5.75. The van der Waals surface area contributed by atoms with Crippen LogP contribution in [0.1, 0.15) is 80.1 Å². The molecule has 200 valence electrons. The average Bonchev–Trinajstić information content (AvgIpc) is 2.77. The zero-order valence-corrected chi connectivity index (χ0v) is 22.8. The van der Waals surface area contributed by atoms with Gasteiger partial charge in [-0.3, -0.25) is 0 Å². The van der Waals surface area contributed by atoms with E-state index in [-0.39, 0.29) is 24.4 Å². The van der Waals surface area contributed by atoms with Crippen LogP contribution in [0.2, 0.25) is 0 Å². The Kier molecular flexibility index (Phi) is 11.1. The van der Waals surface area contributed by atoms with Crippen molar-refractivity contribution in [3.8, 4) is 0 Å². The van der Waals surface area contributed by atoms with Crippen LogP contribution >= 0.6 is 0 Å². The van der Waals surface area contributed by atoms with Gasteiger partial charge < -0.3 is 28.4 Å². The number of fused-ring (bicyclic) bond motifs is 2. The van der Waals surface area contributed by atoms with Gasteiger partial charge in [0.05, 0.1) is 77.3 Å². The van der Waals surface area contributed by atoms with E-state index in [0.29, 0.717) is 75.5 Å². The fraction of sp³-hybridized carbons (Fsp3) is 1.00. The molecule has 3 fully saturated rings. The van der Waals surface area contributed by atoms with Gasteiger partial charge in [0.2, 0.25) is 0 Å². The first-order valence-corrected chi connectivity index (χ1v) is 13.8. The van der Waals surface area contributed by atoms with Gasteiger partial charge in [0.15, 0.2) is 0 Å². The minimum absolute atomic E-state index is 0.124. The molecule has 0 aromatic carbocycles. The van der Waals surface area contributed by atoms with Crippen LogP contribution in [0.4, 0.5) is 0 Å². The van der Waals surface area contributed by atoms with Crippen molar-refractivity contribution in [2.45, 2.75) is 104 Å². The summed E-state index contributed by atoms with van der Waals surface area (Å²) in [6, 6.07) is 0. The number of hydrogen-bond acceptors (Lipinski definition) is 6. The van der Waals surface area contributed by atoms with E-state index in [2.05, 4.69) is 41.5 Å². The molecule has 1 heterocycles. The molecule has 0 unspecified atom stereocenters. The molecule has 6 nitrogen and oxygen atoms in total.